The topological polar surface area (TPSA) is 93.2 Å². The lowest BCUT2D eigenvalue weighted by atomic mass is 9.80. The summed E-state index contributed by atoms with van der Waals surface area (Å²) in [5, 5.41) is 2.38. The van der Waals surface area contributed by atoms with Gasteiger partial charge in [-0.2, -0.15) is 4.98 Å². The first-order chi connectivity index (χ1) is 13.0. The molecular weight excluding hydrogens is 342 g/mol. The van der Waals surface area contributed by atoms with Gasteiger partial charge in [0.1, 0.15) is 5.82 Å². The molecule has 1 fully saturated rings. The zero-order valence-electron chi connectivity index (χ0n) is 15.8. The first-order valence-corrected chi connectivity index (χ1v) is 9.31. The Morgan fingerprint density at radius 2 is 2.04 bits per heavy atom. The first kappa shape index (κ1) is 19.3. The summed E-state index contributed by atoms with van der Waals surface area (Å²) in [6.45, 7) is 3.33. The number of carbonyl (C=O) groups excluding carboxylic acids is 1. The van der Waals surface area contributed by atoms with E-state index >= 15 is 0 Å². The Bertz CT molecular complexity index is 827. The van der Waals surface area contributed by atoms with Gasteiger partial charge in [-0.3, -0.25) is 9.36 Å². The number of aromatic nitrogens is 2. The second kappa shape index (κ2) is 8.45. The number of anilines is 1. The first-order valence-electron chi connectivity index (χ1n) is 9.31. The van der Waals surface area contributed by atoms with Crippen molar-refractivity contribution in [3.63, 3.8) is 0 Å². The van der Waals surface area contributed by atoms with E-state index in [0.717, 1.165) is 37.4 Å². The second-order valence-electron chi connectivity index (χ2n) is 7.48. The molecule has 1 aromatic carbocycles. The third-order valence-corrected chi connectivity index (χ3v) is 5.33. The molecule has 3 rings (SSSR count). The Balaban J connectivity index is 1.61. The van der Waals surface area contributed by atoms with Crippen LogP contribution in [0, 0.1) is 5.92 Å². The third-order valence-electron chi connectivity index (χ3n) is 5.33. The molecule has 1 aliphatic carbocycles. The van der Waals surface area contributed by atoms with E-state index in [1.165, 1.54) is 10.1 Å². The van der Waals surface area contributed by atoms with Crippen LogP contribution in [0.3, 0.4) is 0 Å². The standard InChI is InChI=1S/C20H27N5O2/c1-14(24(2)12-16-10-17(21)11-16)9-15-3-5-18(6-4-15)25-8-7-19(22-13-26)23-20(25)27/h3-8,13-14,16-17H,9-12,21H2,1-2H3,(H,22,23,26,27). The van der Waals surface area contributed by atoms with Crippen molar-refractivity contribution in [1.29, 1.82) is 0 Å². The number of rotatable bonds is 8. The smallest absolute Gasteiger partial charge is 0.328 e. The van der Waals surface area contributed by atoms with Gasteiger partial charge in [0.15, 0.2) is 0 Å². The Morgan fingerprint density at radius 3 is 2.63 bits per heavy atom. The average Bonchev–Trinajstić information content (AvgIpc) is 2.61. The summed E-state index contributed by atoms with van der Waals surface area (Å²) in [6.07, 6.45) is 5.32. The van der Waals surface area contributed by atoms with Crippen molar-refractivity contribution < 1.29 is 4.79 Å². The number of hydrogen-bond donors (Lipinski definition) is 2. The van der Waals surface area contributed by atoms with Gasteiger partial charge in [-0.05, 0) is 62.9 Å². The fraction of sp³-hybridized carbons (Fsp3) is 0.450. The van der Waals surface area contributed by atoms with Crippen molar-refractivity contribution in [3.05, 3.63) is 52.6 Å². The van der Waals surface area contributed by atoms with Crippen LogP contribution in [0.25, 0.3) is 5.69 Å². The molecule has 1 aliphatic rings. The van der Waals surface area contributed by atoms with Crippen molar-refractivity contribution >= 4 is 12.2 Å². The summed E-state index contributed by atoms with van der Waals surface area (Å²) in [7, 11) is 2.17. The third kappa shape index (κ3) is 4.81. The molecule has 2 aromatic rings. The molecule has 0 aliphatic heterocycles. The largest absolute Gasteiger partial charge is 0.354 e. The Morgan fingerprint density at radius 1 is 1.33 bits per heavy atom. The van der Waals surface area contributed by atoms with Crippen LogP contribution in [0.2, 0.25) is 0 Å². The predicted octanol–water partition coefficient (Wildman–Crippen LogP) is 1.40. The minimum absolute atomic E-state index is 0.243. The molecule has 1 atom stereocenters. The Labute approximate surface area is 159 Å². The van der Waals surface area contributed by atoms with Crippen LogP contribution in [0.1, 0.15) is 25.3 Å². The minimum atomic E-state index is -0.429. The van der Waals surface area contributed by atoms with Gasteiger partial charge >= 0.3 is 5.69 Å². The van der Waals surface area contributed by atoms with Crippen LogP contribution >= 0.6 is 0 Å². The van der Waals surface area contributed by atoms with Gasteiger partial charge in [0.25, 0.3) is 0 Å². The van der Waals surface area contributed by atoms with Gasteiger partial charge in [0, 0.05) is 24.8 Å². The number of benzene rings is 1. The zero-order valence-corrected chi connectivity index (χ0v) is 15.8. The molecule has 144 valence electrons. The van der Waals surface area contributed by atoms with Crippen LogP contribution in [0.15, 0.2) is 41.3 Å². The van der Waals surface area contributed by atoms with Crippen molar-refractivity contribution in [3.8, 4) is 5.69 Å². The lowest BCUT2D eigenvalue weighted by Gasteiger charge is -2.37. The van der Waals surface area contributed by atoms with E-state index in [1.54, 1.807) is 12.3 Å². The van der Waals surface area contributed by atoms with Crippen molar-refractivity contribution in [2.24, 2.45) is 11.7 Å². The van der Waals surface area contributed by atoms with Gasteiger partial charge in [0.05, 0.1) is 5.69 Å². The molecule has 1 saturated carbocycles. The maximum atomic E-state index is 12.1. The van der Waals surface area contributed by atoms with Crippen LogP contribution in [0.5, 0.6) is 0 Å². The summed E-state index contributed by atoms with van der Waals surface area (Å²) in [6, 6.07) is 10.4. The molecule has 7 heteroatoms. The molecule has 1 unspecified atom stereocenters. The minimum Gasteiger partial charge on any atom is -0.328 e. The zero-order chi connectivity index (χ0) is 19.4. The van der Waals surface area contributed by atoms with Crippen LogP contribution < -0.4 is 16.7 Å². The Hall–Kier alpha value is -2.51. The molecule has 1 amide bonds. The van der Waals surface area contributed by atoms with Gasteiger partial charge < -0.3 is 16.0 Å². The average molecular weight is 369 g/mol. The van der Waals surface area contributed by atoms with Gasteiger partial charge in [-0.1, -0.05) is 12.1 Å². The molecule has 0 saturated heterocycles. The monoisotopic (exact) mass is 369 g/mol. The maximum Gasteiger partial charge on any atom is 0.354 e. The molecule has 7 nitrogen and oxygen atoms in total. The molecule has 1 aromatic heterocycles. The quantitative estimate of drug-likeness (QED) is 0.686. The number of nitrogens with zero attached hydrogens (tertiary/aromatic N) is 3. The van der Waals surface area contributed by atoms with Gasteiger partial charge in [0.2, 0.25) is 6.41 Å². The summed E-state index contributed by atoms with van der Waals surface area (Å²) in [5.41, 5.74) is 7.42. The number of likely N-dealkylation sites (N-methyl/N-ethyl adjacent to an activating group) is 1. The number of nitrogens with one attached hydrogen (secondary N) is 1. The fourth-order valence-corrected chi connectivity index (χ4v) is 3.55. The summed E-state index contributed by atoms with van der Waals surface area (Å²) >= 11 is 0. The molecule has 1 heterocycles. The highest BCUT2D eigenvalue weighted by molar-refractivity contribution is 5.68. The van der Waals surface area contributed by atoms with E-state index in [0.29, 0.717) is 18.5 Å². The molecule has 0 radical (unpaired) electrons. The molecule has 0 spiro atoms. The second-order valence-corrected chi connectivity index (χ2v) is 7.48. The van der Waals surface area contributed by atoms with Crippen LogP contribution in [-0.4, -0.2) is 46.5 Å². The molecule has 0 bridgehead atoms. The van der Waals surface area contributed by atoms with Crippen molar-refractivity contribution in [2.75, 3.05) is 18.9 Å². The van der Waals surface area contributed by atoms with E-state index < -0.39 is 5.69 Å². The molecule has 3 N–H and O–H groups in total. The molecular formula is C20H27N5O2. The van der Waals surface area contributed by atoms with E-state index in [9.17, 15) is 9.59 Å². The van der Waals surface area contributed by atoms with Crippen LogP contribution in [0.4, 0.5) is 5.82 Å². The fourth-order valence-electron chi connectivity index (χ4n) is 3.55. The highest BCUT2D eigenvalue weighted by atomic mass is 16.1. The lowest BCUT2D eigenvalue weighted by Crippen LogP contribution is -2.44. The number of hydrogen-bond acceptors (Lipinski definition) is 5. The number of carbonyl (C=O) groups is 1. The van der Waals surface area contributed by atoms with Crippen molar-refractivity contribution in [1.82, 2.24) is 14.5 Å². The lowest BCUT2D eigenvalue weighted by molar-refractivity contribution is -0.105. The van der Waals surface area contributed by atoms with E-state index in [-0.39, 0.29) is 5.82 Å². The predicted molar refractivity (Wildman–Crippen MR) is 106 cm³/mol. The number of nitrogens with two attached hydrogens (primary N) is 1. The van der Waals surface area contributed by atoms with E-state index in [4.69, 9.17) is 5.73 Å². The van der Waals surface area contributed by atoms with Crippen LogP contribution in [-0.2, 0) is 11.2 Å². The normalized spacial score (nSPS) is 20.1. The maximum absolute atomic E-state index is 12.1. The summed E-state index contributed by atoms with van der Waals surface area (Å²) in [4.78, 5) is 28.8. The van der Waals surface area contributed by atoms with E-state index in [2.05, 4.69) is 29.2 Å². The number of amides is 1. The highest BCUT2D eigenvalue weighted by Gasteiger charge is 2.27. The molecule has 27 heavy (non-hydrogen) atoms. The highest BCUT2D eigenvalue weighted by Crippen LogP contribution is 2.26. The summed E-state index contributed by atoms with van der Waals surface area (Å²) in [5.74, 6) is 0.970. The van der Waals surface area contributed by atoms with Gasteiger partial charge in [-0.15, -0.1) is 0 Å². The van der Waals surface area contributed by atoms with Gasteiger partial charge in [-0.25, -0.2) is 4.79 Å². The van der Waals surface area contributed by atoms with E-state index in [1.807, 2.05) is 24.3 Å². The Kier molecular flexibility index (Phi) is 6.03. The summed E-state index contributed by atoms with van der Waals surface area (Å²) < 4.78 is 1.45. The van der Waals surface area contributed by atoms with Crippen molar-refractivity contribution in [2.45, 2.75) is 38.3 Å². The SMILES string of the molecule is CC(Cc1ccc(-n2ccc(NC=O)nc2=O)cc1)N(C)CC1CC(N)C1.